The predicted octanol–water partition coefficient (Wildman–Crippen LogP) is 32.6. The highest BCUT2D eigenvalue weighted by molar-refractivity contribution is 6.23. The van der Waals surface area contributed by atoms with E-state index in [0.29, 0.717) is 52.4 Å². The van der Waals surface area contributed by atoms with Crippen LogP contribution in [0.1, 0.15) is 0 Å². The summed E-state index contributed by atoms with van der Waals surface area (Å²) in [5, 5.41) is 27.9. The number of benzene rings is 22. The van der Waals surface area contributed by atoms with Gasteiger partial charge in [-0.1, -0.05) is 340 Å². The summed E-state index contributed by atoms with van der Waals surface area (Å²) in [5.41, 5.74) is 16.7. The quantitative estimate of drug-likeness (QED) is 0.119. The molecular formula is C125H74N10O3. The number of nitrogens with zero attached hydrogens (tertiary/aromatic N) is 10. The maximum atomic E-state index is 6.20. The zero-order valence-corrected chi connectivity index (χ0v) is 73.9. The van der Waals surface area contributed by atoms with E-state index in [9.17, 15) is 0 Å². The Morgan fingerprint density at radius 1 is 0.145 bits per heavy atom. The number of para-hydroxylation sites is 5. The molecule has 7 heterocycles. The molecule has 0 aliphatic carbocycles. The Kier molecular flexibility index (Phi) is 18.6. The van der Waals surface area contributed by atoms with E-state index in [1.807, 2.05) is 127 Å². The molecule has 0 unspecified atom stereocenters. The first-order chi connectivity index (χ1) is 68.3. The molecule has 29 aromatic rings. The van der Waals surface area contributed by atoms with E-state index >= 15 is 0 Å². The molecule has 29 rings (SSSR count). The maximum Gasteiger partial charge on any atom is 0.164 e. The second-order valence-corrected chi connectivity index (χ2v) is 35.0. The Morgan fingerprint density at radius 3 is 0.942 bits per heavy atom. The van der Waals surface area contributed by atoms with Crippen molar-refractivity contribution in [1.82, 2.24) is 49.4 Å². The first kappa shape index (κ1) is 78.9. The molecule has 0 aliphatic heterocycles. The number of rotatable bonds is 10. The van der Waals surface area contributed by atoms with Crippen LogP contribution in [0.2, 0.25) is 0 Å². The second-order valence-electron chi connectivity index (χ2n) is 35.0. The molecule has 0 radical (unpaired) electrons. The molecule has 0 atom stereocenters. The van der Waals surface area contributed by atoms with E-state index in [4.69, 9.17) is 58.1 Å². The van der Waals surface area contributed by atoms with E-state index < -0.39 is 0 Å². The van der Waals surface area contributed by atoms with Gasteiger partial charge in [0.15, 0.2) is 52.4 Å². The van der Waals surface area contributed by atoms with E-state index in [2.05, 4.69) is 326 Å². The van der Waals surface area contributed by atoms with Crippen molar-refractivity contribution in [3.05, 3.63) is 449 Å². The fourth-order valence-electron chi connectivity index (χ4n) is 20.1. The van der Waals surface area contributed by atoms with Crippen molar-refractivity contribution in [3.8, 4) is 108 Å². The molecule has 0 saturated carbocycles. The zero-order chi connectivity index (χ0) is 90.8. The molecule has 0 amide bonds. The lowest BCUT2D eigenvalue weighted by Crippen LogP contribution is -2.00. The van der Waals surface area contributed by atoms with Crippen LogP contribution in [-0.4, -0.2) is 49.4 Å². The Balaban J connectivity index is 0.000000105. The number of fused-ring (bicyclic) bond motifs is 24. The van der Waals surface area contributed by atoms with Crippen molar-refractivity contribution in [2.45, 2.75) is 0 Å². The molecule has 0 aliphatic rings. The molecule has 138 heavy (non-hydrogen) atoms. The van der Waals surface area contributed by atoms with Gasteiger partial charge in [-0.2, -0.15) is 0 Å². The second kappa shape index (κ2) is 32.6. The fourth-order valence-corrected chi connectivity index (χ4v) is 20.1. The topological polar surface area (TPSA) is 160 Å². The Labute approximate surface area is 788 Å². The fraction of sp³-hybridized carbons (Fsp3) is 0. The standard InChI is InChI=1S/C45H26N4O2.C41H25N3.C39H23N3O/c1-2-10-30(11-3-1)49-37-15-7-4-12-31(37)32-21-18-29(26-38(32)49)45-47-43(27-19-22-41-35(24-27)33-13-5-8-16-39(33)50-41)46-44(48-45)28-20-23-42-36(25-28)34-14-6-9-17-40(34)51-42;1-3-10-31-23-33(20-13-26(31)7-1)39-42-40(34-21-14-27-8-2-4-11-32(27)24-34)44-41(43-39)35-22-17-29-16-19-30-18-15-28-9-5-6-12-36(28)38(30)37(29)25-35;1-2-10-27(11-3-1)37-40-38(42-39(41-37)31-14-8-16-34-36(31)30-13-6-7-15-33(30)43-34)28-22-19-25-18-21-26-20-17-24-9-4-5-12-29(24)35(26)32(25)23-28/h1-26H;1-25H;1-23H. The average Bonchev–Trinajstić information content (AvgIpc) is 1.46. The normalized spacial score (nSPS) is 11.8. The zero-order valence-electron chi connectivity index (χ0n) is 73.9. The number of hydrogen-bond donors (Lipinski definition) is 0. The van der Waals surface area contributed by atoms with Crippen LogP contribution in [0.5, 0.6) is 0 Å². The predicted molar refractivity (Wildman–Crippen MR) is 565 cm³/mol. The van der Waals surface area contributed by atoms with Crippen molar-refractivity contribution in [3.63, 3.8) is 0 Å². The van der Waals surface area contributed by atoms with E-state index in [1.165, 1.54) is 86.2 Å². The molecule has 0 fully saturated rings. The smallest absolute Gasteiger partial charge is 0.164 e. The third kappa shape index (κ3) is 13.8. The van der Waals surface area contributed by atoms with E-state index in [0.717, 1.165) is 143 Å². The summed E-state index contributed by atoms with van der Waals surface area (Å²) < 4.78 is 20.8. The molecular weight excluding hydrogens is 1690 g/mol. The van der Waals surface area contributed by atoms with Crippen LogP contribution in [0.25, 0.3) is 282 Å². The van der Waals surface area contributed by atoms with Gasteiger partial charge >= 0.3 is 0 Å². The van der Waals surface area contributed by atoms with Crippen LogP contribution < -0.4 is 0 Å². The molecule has 13 heteroatoms. The molecule has 22 aromatic carbocycles. The number of furan rings is 3. The number of aromatic nitrogens is 10. The molecule has 0 spiro atoms. The van der Waals surface area contributed by atoms with Gasteiger partial charge in [0.2, 0.25) is 0 Å². The Morgan fingerprint density at radius 2 is 0.449 bits per heavy atom. The maximum absolute atomic E-state index is 6.20. The van der Waals surface area contributed by atoms with Crippen LogP contribution in [0, 0.1) is 0 Å². The van der Waals surface area contributed by atoms with Crippen LogP contribution >= 0.6 is 0 Å². The minimum atomic E-state index is 0.586. The van der Waals surface area contributed by atoms with Crippen LogP contribution in [0.3, 0.4) is 0 Å². The van der Waals surface area contributed by atoms with Gasteiger partial charge in [0, 0.05) is 98.8 Å². The monoisotopic (exact) mass is 1760 g/mol. The first-order valence-electron chi connectivity index (χ1n) is 46.2. The SMILES string of the molecule is c1ccc(-c2nc(-c3ccc4ccc5ccc6ccccc6c5c4c3)nc(-c3cccc4oc5ccccc5c34)n2)cc1.c1ccc(-n2c3ccccc3c3ccc(-c4nc(-c5ccc6oc7ccccc7c6c5)nc(-c5ccc6oc7ccccc7c6c5)n4)cc32)cc1.c1ccc2cc(-c3nc(-c4ccc5ccccc5c4)nc(-c4ccc5ccc6ccc7ccccc7c6c5c4)n3)ccc2c1. The van der Waals surface area contributed by atoms with Gasteiger partial charge in [0.05, 0.1) is 11.0 Å². The lowest BCUT2D eigenvalue weighted by atomic mass is 9.95. The van der Waals surface area contributed by atoms with Gasteiger partial charge in [-0.3, -0.25) is 0 Å². The average molecular weight is 1760 g/mol. The Hall–Kier alpha value is -18.9. The van der Waals surface area contributed by atoms with Gasteiger partial charge in [-0.25, -0.2) is 44.9 Å². The molecule has 0 bridgehead atoms. The lowest BCUT2D eigenvalue weighted by molar-refractivity contribution is 0.668. The summed E-state index contributed by atoms with van der Waals surface area (Å²) in [6, 6.07) is 156. The summed E-state index contributed by atoms with van der Waals surface area (Å²) >= 11 is 0. The molecule has 0 N–H and O–H groups in total. The van der Waals surface area contributed by atoms with Gasteiger partial charge in [-0.15, -0.1) is 0 Å². The highest BCUT2D eigenvalue weighted by atomic mass is 16.3. The highest BCUT2D eigenvalue weighted by Gasteiger charge is 2.24. The van der Waals surface area contributed by atoms with Gasteiger partial charge in [0.25, 0.3) is 0 Å². The van der Waals surface area contributed by atoms with Crippen molar-refractivity contribution in [1.29, 1.82) is 0 Å². The minimum Gasteiger partial charge on any atom is -0.456 e. The number of hydrogen-bond acceptors (Lipinski definition) is 12. The summed E-state index contributed by atoms with van der Waals surface area (Å²) in [5.74, 6) is 5.62. The van der Waals surface area contributed by atoms with Crippen LogP contribution in [0.4, 0.5) is 0 Å². The van der Waals surface area contributed by atoms with Crippen molar-refractivity contribution in [2.24, 2.45) is 0 Å². The Bertz CT molecular complexity index is 9800. The minimum absolute atomic E-state index is 0.586. The van der Waals surface area contributed by atoms with E-state index in [-0.39, 0.29) is 0 Å². The molecule has 0 saturated heterocycles. The van der Waals surface area contributed by atoms with Gasteiger partial charge < -0.3 is 17.8 Å². The summed E-state index contributed by atoms with van der Waals surface area (Å²) in [7, 11) is 0. The van der Waals surface area contributed by atoms with Gasteiger partial charge in [0.1, 0.15) is 33.5 Å². The summed E-state index contributed by atoms with van der Waals surface area (Å²) in [6.45, 7) is 0. The third-order valence-corrected chi connectivity index (χ3v) is 26.8. The van der Waals surface area contributed by atoms with Crippen molar-refractivity contribution < 1.29 is 13.3 Å². The largest absolute Gasteiger partial charge is 0.456 e. The summed E-state index contributed by atoms with van der Waals surface area (Å²) in [4.78, 5) is 45.8. The molecule has 13 nitrogen and oxygen atoms in total. The van der Waals surface area contributed by atoms with Crippen molar-refractivity contribution >= 4 is 174 Å². The van der Waals surface area contributed by atoms with Gasteiger partial charge in [-0.05, 0) is 195 Å². The first-order valence-corrected chi connectivity index (χ1v) is 46.2. The van der Waals surface area contributed by atoms with Crippen LogP contribution in [-0.2, 0) is 0 Å². The van der Waals surface area contributed by atoms with Crippen LogP contribution in [0.15, 0.2) is 462 Å². The lowest BCUT2D eigenvalue weighted by Gasteiger charge is -2.12. The third-order valence-electron chi connectivity index (χ3n) is 26.8. The highest BCUT2D eigenvalue weighted by Crippen LogP contribution is 2.44. The summed E-state index contributed by atoms with van der Waals surface area (Å²) in [6.07, 6.45) is 0. The van der Waals surface area contributed by atoms with E-state index in [1.54, 1.807) is 0 Å². The van der Waals surface area contributed by atoms with Crippen molar-refractivity contribution in [2.75, 3.05) is 0 Å². The molecule has 7 aromatic heterocycles. The molecule has 642 valence electrons.